The highest BCUT2D eigenvalue weighted by atomic mass is 32.2. The molecule has 0 saturated carbocycles. The van der Waals surface area contributed by atoms with Gasteiger partial charge in [-0.2, -0.15) is 0 Å². The van der Waals surface area contributed by atoms with Gasteiger partial charge >= 0.3 is 0 Å². The quantitative estimate of drug-likeness (QED) is 0.695. The van der Waals surface area contributed by atoms with Gasteiger partial charge in [0.25, 0.3) is 0 Å². The molecular formula is C20H28N4OS. The number of benzene rings is 1. The number of likely N-dealkylation sites (tertiary alicyclic amines) is 1. The van der Waals surface area contributed by atoms with Crippen molar-refractivity contribution in [2.24, 2.45) is 0 Å². The molecule has 1 aromatic heterocycles. The number of aromatic nitrogens is 3. The molecule has 3 heterocycles. The minimum atomic E-state index is 0.368. The van der Waals surface area contributed by atoms with E-state index in [1.807, 2.05) is 0 Å². The number of rotatable bonds is 7. The van der Waals surface area contributed by atoms with E-state index in [0.717, 1.165) is 36.4 Å². The number of thioether (sulfide) groups is 1. The zero-order valence-corrected chi connectivity index (χ0v) is 16.2. The summed E-state index contributed by atoms with van der Waals surface area (Å²) < 4.78 is 8.08. The first-order valence-electron chi connectivity index (χ1n) is 9.81. The van der Waals surface area contributed by atoms with E-state index in [2.05, 4.69) is 50.0 Å². The fourth-order valence-electron chi connectivity index (χ4n) is 3.73. The smallest absolute Gasteiger partial charge is 0.191 e. The average Bonchev–Trinajstić information content (AvgIpc) is 3.33. The maximum absolute atomic E-state index is 5.77. The summed E-state index contributed by atoms with van der Waals surface area (Å²) in [7, 11) is 0. The Balaban J connectivity index is 1.49. The topological polar surface area (TPSA) is 43.2 Å². The molecule has 2 saturated heterocycles. The predicted octanol–water partition coefficient (Wildman–Crippen LogP) is 3.58. The number of ether oxygens (including phenoxy) is 1. The van der Waals surface area contributed by atoms with Crippen LogP contribution in [0.2, 0.25) is 0 Å². The van der Waals surface area contributed by atoms with Crippen LogP contribution < -0.4 is 0 Å². The summed E-state index contributed by atoms with van der Waals surface area (Å²) in [6.07, 6.45) is 6.67. The van der Waals surface area contributed by atoms with Crippen LogP contribution in [0.1, 0.15) is 43.5 Å². The first-order chi connectivity index (χ1) is 12.9. The second-order valence-electron chi connectivity index (χ2n) is 7.25. The number of hydrogen-bond acceptors (Lipinski definition) is 5. The molecule has 2 aliphatic rings. The van der Waals surface area contributed by atoms with Crippen molar-refractivity contribution >= 4 is 11.8 Å². The molecule has 6 heteroatoms. The molecule has 2 aliphatic heterocycles. The van der Waals surface area contributed by atoms with E-state index in [4.69, 9.17) is 4.74 Å². The highest BCUT2D eigenvalue weighted by molar-refractivity contribution is 7.99. The monoisotopic (exact) mass is 372 g/mol. The third-order valence-corrected chi connectivity index (χ3v) is 6.31. The van der Waals surface area contributed by atoms with Crippen LogP contribution in [0.5, 0.6) is 0 Å². The highest BCUT2D eigenvalue weighted by Gasteiger charge is 2.20. The standard InChI is InChI=1S/C20H28N4OS/c1-3-8-17(9-4-1)14-24-19(15-23-11-5-2-6-12-23)21-22-20(24)26-16-18-10-7-13-25-18/h1,3-4,8-9,18H,2,5-7,10-16H2. The van der Waals surface area contributed by atoms with Gasteiger partial charge in [-0.15, -0.1) is 10.2 Å². The highest BCUT2D eigenvalue weighted by Crippen LogP contribution is 2.25. The minimum Gasteiger partial charge on any atom is -0.377 e. The Morgan fingerprint density at radius 2 is 1.85 bits per heavy atom. The molecule has 0 spiro atoms. The number of nitrogens with zero attached hydrogens (tertiary/aromatic N) is 4. The molecule has 140 valence electrons. The third-order valence-electron chi connectivity index (χ3n) is 5.21. The Labute approximate surface area is 160 Å². The maximum atomic E-state index is 5.77. The van der Waals surface area contributed by atoms with E-state index in [-0.39, 0.29) is 0 Å². The molecule has 2 aromatic rings. The lowest BCUT2D eigenvalue weighted by atomic mass is 10.1. The SMILES string of the molecule is c1ccc(Cn2c(CN3CCCCC3)nnc2SCC2CCCO2)cc1. The van der Waals surface area contributed by atoms with E-state index in [9.17, 15) is 0 Å². The Kier molecular flexibility index (Phi) is 6.25. The molecule has 1 aromatic carbocycles. The first-order valence-corrected chi connectivity index (χ1v) is 10.8. The molecule has 0 amide bonds. The summed E-state index contributed by atoms with van der Waals surface area (Å²) in [5.41, 5.74) is 1.30. The molecule has 26 heavy (non-hydrogen) atoms. The largest absolute Gasteiger partial charge is 0.377 e. The molecule has 4 rings (SSSR count). The fourth-order valence-corrected chi connectivity index (χ4v) is 4.75. The van der Waals surface area contributed by atoms with E-state index in [0.29, 0.717) is 6.10 Å². The second-order valence-corrected chi connectivity index (χ2v) is 8.24. The van der Waals surface area contributed by atoms with Gasteiger partial charge in [-0.1, -0.05) is 48.5 Å². The van der Waals surface area contributed by atoms with Gasteiger partial charge in [0.05, 0.1) is 19.2 Å². The fraction of sp³-hybridized carbons (Fsp3) is 0.600. The van der Waals surface area contributed by atoms with Gasteiger partial charge in [-0.05, 0) is 44.3 Å². The Morgan fingerprint density at radius 1 is 1.00 bits per heavy atom. The second kappa shape index (κ2) is 9.02. The van der Waals surface area contributed by atoms with Crippen molar-refractivity contribution in [3.05, 3.63) is 41.7 Å². The Hall–Kier alpha value is -1.37. The number of hydrogen-bond donors (Lipinski definition) is 0. The van der Waals surface area contributed by atoms with Crippen LogP contribution in [-0.2, 0) is 17.8 Å². The summed E-state index contributed by atoms with van der Waals surface area (Å²) >= 11 is 1.79. The van der Waals surface area contributed by atoms with Crippen molar-refractivity contribution in [2.45, 2.75) is 56.5 Å². The van der Waals surface area contributed by atoms with Gasteiger partial charge in [-0.25, -0.2) is 0 Å². The molecule has 0 radical (unpaired) electrons. The van der Waals surface area contributed by atoms with Crippen LogP contribution in [0, 0.1) is 0 Å². The van der Waals surface area contributed by atoms with Gasteiger partial charge in [-0.3, -0.25) is 4.90 Å². The number of piperidine rings is 1. The molecule has 5 nitrogen and oxygen atoms in total. The van der Waals surface area contributed by atoms with Crippen molar-refractivity contribution in [1.82, 2.24) is 19.7 Å². The molecule has 1 unspecified atom stereocenters. The summed E-state index contributed by atoms with van der Waals surface area (Å²) in [5.74, 6) is 2.06. The van der Waals surface area contributed by atoms with E-state index >= 15 is 0 Å². The third kappa shape index (κ3) is 4.67. The van der Waals surface area contributed by atoms with E-state index in [1.54, 1.807) is 11.8 Å². The van der Waals surface area contributed by atoms with E-state index in [1.165, 1.54) is 50.8 Å². The van der Waals surface area contributed by atoms with Gasteiger partial charge in [0, 0.05) is 12.4 Å². The van der Waals surface area contributed by atoms with Gasteiger partial charge in [0.2, 0.25) is 0 Å². The predicted molar refractivity (Wildman–Crippen MR) is 104 cm³/mol. The lowest BCUT2D eigenvalue weighted by molar-refractivity contribution is 0.129. The van der Waals surface area contributed by atoms with Crippen molar-refractivity contribution in [3.8, 4) is 0 Å². The lowest BCUT2D eigenvalue weighted by Gasteiger charge is -2.26. The summed E-state index contributed by atoms with van der Waals surface area (Å²) in [6, 6.07) is 10.6. The van der Waals surface area contributed by atoms with Crippen LogP contribution in [-0.4, -0.2) is 51.2 Å². The Morgan fingerprint density at radius 3 is 2.62 bits per heavy atom. The van der Waals surface area contributed by atoms with Crippen LogP contribution in [0.3, 0.4) is 0 Å². The van der Waals surface area contributed by atoms with E-state index < -0.39 is 0 Å². The summed E-state index contributed by atoms with van der Waals surface area (Å²) in [4.78, 5) is 2.52. The average molecular weight is 373 g/mol. The minimum absolute atomic E-state index is 0.368. The molecule has 2 fully saturated rings. The molecule has 0 bridgehead atoms. The van der Waals surface area contributed by atoms with Crippen molar-refractivity contribution in [1.29, 1.82) is 0 Å². The lowest BCUT2D eigenvalue weighted by Crippen LogP contribution is -2.30. The first kappa shape index (κ1) is 18.0. The van der Waals surface area contributed by atoms with Gasteiger partial charge in [0.1, 0.15) is 5.82 Å². The van der Waals surface area contributed by atoms with Crippen molar-refractivity contribution in [2.75, 3.05) is 25.4 Å². The summed E-state index contributed by atoms with van der Waals surface area (Å²) in [5, 5.41) is 10.1. The van der Waals surface area contributed by atoms with Crippen LogP contribution in [0.4, 0.5) is 0 Å². The zero-order chi connectivity index (χ0) is 17.6. The maximum Gasteiger partial charge on any atom is 0.191 e. The van der Waals surface area contributed by atoms with Crippen molar-refractivity contribution in [3.63, 3.8) is 0 Å². The van der Waals surface area contributed by atoms with Crippen LogP contribution >= 0.6 is 11.8 Å². The van der Waals surface area contributed by atoms with Crippen LogP contribution in [0.25, 0.3) is 0 Å². The Bertz CT molecular complexity index is 678. The molecule has 0 N–H and O–H groups in total. The van der Waals surface area contributed by atoms with Crippen molar-refractivity contribution < 1.29 is 4.74 Å². The van der Waals surface area contributed by atoms with Gasteiger partial charge < -0.3 is 9.30 Å². The normalized spacial score (nSPS) is 21.3. The molecule has 1 atom stereocenters. The molecular weight excluding hydrogens is 344 g/mol. The zero-order valence-electron chi connectivity index (χ0n) is 15.3. The summed E-state index contributed by atoms with van der Waals surface area (Å²) in [6.45, 7) is 5.00. The van der Waals surface area contributed by atoms with Crippen LogP contribution in [0.15, 0.2) is 35.5 Å². The van der Waals surface area contributed by atoms with Gasteiger partial charge in [0.15, 0.2) is 5.16 Å². The molecule has 0 aliphatic carbocycles.